The van der Waals surface area contributed by atoms with E-state index < -0.39 is 17.0 Å². The Labute approximate surface area is 143 Å². The van der Waals surface area contributed by atoms with Gasteiger partial charge in [-0.3, -0.25) is 19.7 Å². The number of carbonyl (C=O) groups is 3. The number of carbonyl (C=O) groups excluding carboxylic acids is 3. The van der Waals surface area contributed by atoms with E-state index in [0.717, 1.165) is 6.42 Å². The van der Waals surface area contributed by atoms with E-state index >= 15 is 0 Å². The maximum absolute atomic E-state index is 12.2. The fraction of sp³-hybridized carbons (Fsp3) is 0.400. The van der Waals surface area contributed by atoms with E-state index in [0.29, 0.717) is 13.0 Å². The quantitative estimate of drug-likeness (QED) is 0.524. The average molecular weight is 349 g/mol. The molecule has 0 aliphatic carbocycles. The van der Waals surface area contributed by atoms with Gasteiger partial charge in [-0.2, -0.15) is 0 Å². The smallest absolute Gasteiger partial charge is 0.319 e. The van der Waals surface area contributed by atoms with Crippen LogP contribution >= 0.6 is 0 Å². The molecule has 1 atom stereocenters. The molecule has 1 fully saturated rings. The molecule has 0 aromatic heterocycles. The molecule has 10 nitrogen and oxygen atoms in total. The van der Waals surface area contributed by atoms with E-state index in [1.165, 1.54) is 36.2 Å². The zero-order valence-corrected chi connectivity index (χ0v) is 13.7. The number of nitrogens with zero attached hydrogens (tertiary/aromatic N) is 2. The number of likely N-dealkylation sites (tertiary alicyclic amines) is 1. The minimum Gasteiger partial charge on any atom is -0.357 e. The summed E-state index contributed by atoms with van der Waals surface area (Å²) >= 11 is 0. The van der Waals surface area contributed by atoms with Crippen LogP contribution in [0.4, 0.5) is 16.2 Å². The van der Waals surface area contributed by atoms with E-state index in [1.54, 1.807) is 0 Å². The summed E-state index contributed by atoms with van der Waals surface area (Å²) in [7, 11) is 1.51. The number of urea groups is 1. The minimum absolute atomic E-state index is 0.153. The predicted octanol–water partition coefficient (Wildman–Crippen LogP) is 0.453. The number of benzene rings is 1. The van der Waals surface area contributed by atoms with Crippen LogP contribution in [0.25, 0.3) is 0 Å². The first-order valence-corrected chi connectivity index (χ1v) is 7.72. The maximum Gasteiger partial charge on any atom is 0.319 e. The Morgan fingerprint density at radius 2 is 2.12 bits per heavy atom. The molecule has 10 heteroatoms. The molecule has 134 valence electrons. The van der Waals surface area contributed by atoms with Gasteiger partial charge in [0.25, 0.3) is 5.69 Å². The van der Waals surface area contributed by atoms with Crippen LogP contribution in [0.15, 0.2) is 24.3 Å². The Balaban J connectivity index is 1.87. The zero-order valence-electron chi connectivity index (χ0n) is 13.7. The molecular formula is C15H19N5O5. The van der Waals surface area contributed by atoms with Gasteiger partial charge in [-0.25, -0.2) is 4.79 Å². The molecule has 1 aromatic carbocycles. The highest BCUT2D eigenvalue weighted by Gasteiger charge is 2.33. The topological polar surface area (TPSA) is 134 Å². The van der Waals surface area contributed by atoms with Crippen molar-refractivity contribution in [1.82, 2.24) is 15.5 Å². The lowest BCUT2D eigenvalue weighted by Gasteiger charge is -2.23. The summed E-state index contributed by atoms with van der Waals surface area (Å²) in [6.45, 7) is 0.194. The SMILES string of the molecule is CNC(=O)[C@H]1CCCN1C(=O)CNC(=O)Nc1cccc([N+](=O)[O-])c1. The number of anilines is 1. The van der Waals surface area contributed by atoms with Crippen molar-refractivity contribution in [2.24, 2.45) is 0 Å². The van der Waals surface area contributed by atoms with Gasteiger partial charge >= 0.3 is 6.03 Å². The van der Waals surface area contributed by atoms with E-state index in [9.17, 15) is 24.5 Å². The molecule has 0 radical (unpaired) electrons. The van der Waals surface area contributed by atoms with Crippen molar-refractivity contribution in [2.45, 2.75) is 18.9 Å². The van der Waals surface area contributed by atoms with Crippen molar-refractivity contribution in [3.05, 3.63) is 34.4 Å². The van der Waals surface area contributed by atoms with E-state index in [2.05, 4.69) is 16.0 Å². The summed E-state index contributed by atoms with van der Waals surface area (Å²) in [5, 5.41) is 18.0. The normalized spacial score (nSPS) is 16.2. The molecule has 1 heterocycles. The number of rotatable bonds is 5. The molecular weight excluding hydrogens is 330 g/mol. The number of amides is 4. The second-order valence-electron chi connectivity index (χ2n) is 5.47. The van der Waals surface area contributed by atoms with Crippen molar-refractivity contribution in [3.8, 4) is 0 Å². The molecule has 1 aromatic rings. The number of nitrogens with one attached hydrogen (secondary N) is 3. The third-order valence-electron chi connectivity index (χ3n) is 3.84. The van der Waals surface area contributed by atoms with Crippen molar-refractivity contribution in [2.75, 3.05) is 25.5 Å². The van der Waals surface area contributed by atoms with E-state index in [-0.39, 0.29) is 29.7 Å². The lowest BCUT2D eigenvalue weighted by molar-refractivity contribution is -0.384. The summed E-state index contributed by atoms with van der Waals surface area (Å²) in [5.74, 6) is -0.591. The van der Waals surface area contributed by atoms with Gasteiger partial charge in [-0.1, -0.05) is 6.07 Å². The van der Waals surface area contributed by atoms with Crippen molar-refractivity contribution in [3.63, 3.8) is 0 Å². The summed E-state index contributed by atoms with van der Waals surface area (Å²) in [6.07, 6.45) is 1.31. The van der Waals surface area contributed by atoms with Crippen LogP contribution in [0.2, 0.25) is 0 Å². The minimum atomic E-state index is -0.662. The first-order chi connectivity index (χ1) is 11.9. The van der Waals surface area contributed by atoms with Crippen LogP contribution in [-0.2, 0) is 9.59 Å². The summed E-state index contributed by atoms with van der Waals surface area (Å²) in [4.78, 5) is 47.3. The van der Waals surface area contributed by atoms with Gasteiger partial charge in [0.15, 0.2) is 0 Å². The monoisotopic (exact) mass is 349 g/mol. The number of hydrogen-bond acceptors (Lipinski definition) is 5. The Morgan fingerprint density at radius 3 is 2.80 bits per heavy atom. The number of likely N-dealkylation sites (N-methyl/N-ethyl adjacent to an activating group) is 1. The van der Waals surface area contributed by atoms with Crippen LogP contribution in [-0.4, -0.2) is 53.8 Å². The standard InChI is InChI=1S/C15H19N5O5/c1-16-14(22)12-6-3-7-19(12)13(21)9-17-15(23)18-10-4-2-5-11(8-10)20(24)25/h2,4-5,8,12H,3,6-7,9H2,1H3,(H,16,22)(H2,17,18,23)/t12-/m1/s1. The Kier molecular flexibility index (Phi) is 5.88. The van der Waals surface area contributed by atoms with Crippen LogP contribution < -0.4 is 16.0 Å². The summed E-state index contributed by atoms with van der Waals surface area (Å²) in [5.41, 5.74) is 0.0860. The van der Waals surface area contributed by atoms with Gasteiger partial charge < -0.3 is 20.9 Å². The van der Waals surface area contributed by atoms with Crippen molar-refractivity contribution < 1.29 is 19.3 Å². The van der Waals surface area contributed by atoms with Gasteiger partial charge in [0.2, 0.25) is 11.8 Å². The highest BCUT2D eigenvalue weighted by atomic mass is 16.6. The highest BCUT2D eigenvalue weighted by Crippen LogP contribution is 2.18. The second kappa shape index (κ2) is 8.08. The third-order valence-corrected chi connectivity index (χ3v) is 3.84. The Morgan fingerprint density at radius 1 is 1.36 bits per heavy atom. The van der Waals surface area contributed by atoms with E-state index in [4.69, 9.17) is 0 Å². The largest absolute Gasteiger partial charge is 0.357 e. The number of non-ortho nitro benzene ring substituents is 1. The third kappa shape index (κ3) is 4.66. The predicted molar refractivity (Wildman–Crippen MR) is 88.9 cm³/mol. The summed E-state index contributed by atoms with van der Waals surface area (Å²) in [6, 6.07) is 4.28. The van der Waals surface area contributed by atoms with Gasteiger partial charge in [0, 0.05) is 31.4 Å². The highest BCUT2D eigenvalue weighted by molar-refractivity contribution is 5.94. The molecule has 0 spiro atoms. The molecule has 1 aliphatic heterocycles. The fourth-order valence-corrected chi connectivity index (χ4v) is 2.63. The summed E-state index contributed by atoms with van der Waals surface area (Å²) < 4.78 is 0. The zero-order chi connectivity index (χ0) is 18.4. The molecule has 4 amide bonds. The van der Waals surface area contributed by atoms with Crippen molar-refractivity contribution >= 4 is 29.2 Å². The molecule has 1 aliphatic rings. The lowest BCUT2D eigenvalue weighted by Crippen LogP contribution is -2.48. The molecule has 1 saturated heterocycles. The molecule has 0 unspecified atom stereocenters. The molecule has 0 saturated carbocycles. The molecule has 3 N–H and O–H groups in total. The molecule has 25 heavy (non-hydrogen) atoms. The molecule has 0 bridgehead atoms. The van der Waals surface area contributed by atoms with Crippen LogP contribution in [0, 0.1) is 10.1 Å². The van der Waals surface area contributed by atoms with Gasteiger partial charge in [-0.15, -0.1) is 0 Å². The van der Waals surface area contributed by atoms with Crippen LogP contribution in [0.5, 0.6) is 0 Å². The van der Waals surface area contributed by atoms with E-state index in [1.807, 2.05) is 0 Å². The van der Waals surface area contributed by atoms with Gasteiger partial charge in [0.1, 0.15) is 6.04 Å². The Hall–Kier alpha value is -3.17. The van der Waals surface area contributed by atoms with Crippen LogP contribution in [0.1, 0.15) is 12.8 Å². The first kappa shape index (κ1) is 18.2. The number of nitro groups is 1. The maximum atomic E-state index is 12.2. The van der Waals surface area contributed by atoms with Gasteiger partial charge in [-0.05, 0) is 18.9 Å². The average Bonchev–Trinajstić information content (AvgIpc) is 3.09. The lowest BCUT2D eigenvalue weighted by atomic mass is 10.2. The second-order valence-corrected chi connectivity index (χ2v) is 5.47. The first-order valence-electron chi connectivity index (χ1n) is 7.72. The van der Waals surface area contributed by atoms with Gasteiger partial charge in [0.05, 0.1) is 11.5 Å². The number of nitro benzene ring substituents is 1. The van der Waals surface area contributed by atoms with Crippen molar-refractivity contribution in [1.29, 1.82) is 0 Å². The van der Waals surface area contributed by atoms with Crippen LogP contribution in [0.3, 0.4) is 0 Å². The molecule has 2 rings (SSSR count). The fourth-order valence-electron chi connectivity index (χ4n) is 2.63. The Bertz CT molecular complexity index is 693. The number of hydrogen-bond donors (Lipinski definition) is 3.